The highest BCUT2D eigenvalue weighted by Gasteiger charge is 2.14. The molecule has 4 nitrogen and oxygen atoms in total. The standard InChI is InChI=1S/C12H9NO3/c14-12-9(2-1-5-13-12)8-3-4-10-11(6-8)16-7-15-10/h1-6H,7H2,(H,13,14). The van der Waals surface area contributed by atoms with Crippen molar-refractivity contribution in [2.24, 2.45) is 0 Å². The molecule has 0 spiro atoms. The molecule has 0 unspecified atom stereocenters. The molecule has 2 heterocycles. The van der Waals surface area contributed by atoms with E-state index < -0.39 is 0 Å². The average molecular weight is 215 g/mol. The SMILES string of the molecule is O=c1[nH]cccc1-c1ccc2c(c1)OCO2. The van der Waals surface area contributed by atoms with Gasteiger partial charge in [0.25, 0.3) is 5.56 Å². The monoisotopic (exact) mass is 215 g/mol. The van der Waals surface area contributed by atoms with Crippen LogP contribution in [0.5, 0.6) is 11.5 Å². The van der Waals surface area contributed by atoms with Gasteiger partial charge in [-0.1, -0.05) is 6.07 Å². The summed E-state index contributed by atoms with van der Waals surface area (Å²) in [7, 11) is 0. The molecule has 0 saturated carbocycles. The van der Waals surface area contributed by atoms with Crippen molar-refractivity contribution in [1.29, 1.82) is 0 Å². The fraction of sp³-hybridized carbons (Fsp3) is 0.0833. The Hall–Kier alpha value is -2.23. The Labute approximate surface area is 91.5 Å². The summed E-state index contributed by atoms with van der Waals surface area (Å²) in [5.41, 5.74) is 1.34. The van der Waals surface area contributed by atoms with Gasteiger partial charge in [-0.05, 0) is 29.8 Å². The summed E-state index contributed by atoms with van der Waals surface area (Å²) in [5.74, 6) is 1.40. The molecule has 3 rings (SSSR count). The lowest BCUT2D eigenvalue weighted by Gasteiger charge is -2.01. The molecule has 0 aliphatic carbocycles. The summed E-state index contributed by atoms with van der Waals surface area (Å²) in [4.78, 5) is 14.2. The van der Waals surface area contributed by atoms with Crippen LogP contribution in [0.15, 0.2) is 41.3 Å². The topological polar surface area (TPSA) is 51.3 Å². The molecule has 80 valence electrons. The van der Waals surface area contributed by atoms with Gasteiger partial charge in [0.1, 0.15) is 0 Å². The Morgan fingerprint density at radius 3 is 2.88 bits per heavy atom. The number of nitrogens with one attached hydrogen (secondary N) is 1. The third-order valence-electron chi connectivity index (χ3n) is 2.50. The first-order valence-electron chi connectivity index (χ1n) is 4.92. The first-order valence-corrected chi connectivity index (χ1v) is 4.92. The molecule has 0 bridgehead atoms. The van der Waals surface area contributed by atoms with Crippen molar-refractivity contribution in [2.75, 3.05) is 6.79 Å². The zero-order chi connectivity index (χ0) is 11.0. The number of aromatic nitrogens is 1. The van der Waals surface area contributed by atoms with Crippen LogP contribution < -0.4 is 15.0 Å². The maximum absolute atomic E-state index is 11.6. The molecule has 0 radical (unpaired) electrons. The van der Waals surface area contributed by atoms with E-state index in [2.05, 4.69) is 4.98 Å². The molecule has 1 aromatic carbocycles. The van der Waals surface area contributed by atoms with Crippen molar-refractivity contribution in [2.45, 2.75) is 0 Å². The number of fused-ring (bicyclic) bond motifs is 1. The maximum atomic E-state index is 11.6. The highest BCUT2D eigenvalue weighted by atomic mass is 16.7. The first kappa shape index (κ1) is 9.03. The lowest BCUT2D eigenvalue weighted by molar-refractivity contribution is 0.174. The second-order valence-corrected chi connectivity index (χ2v) is 3.48. The van der Waals surface area contributed by atoms with Gasteiger partial charge in [0.15, 0.2) is 11.5 Å². The number of hydrogen-bond donors (Lipinski definition) is 1. The molecule has 0 atom stereocenters. The van der Waals surface area contributed by atoms with E-state index in [1.807, 2.05) is 18.2 Å². The summed E-state index contributed by atoms with van der Waals surface area (Å²) in [6.07, 6.45) is 1.61. The normalized spacial score (nSPS) is 12.8. The Morgan fingerprint density at radius 2 is 2.00 bits per heavy atom. The van der Waals surface area contributed by atoms with Crippen molar-refractivity contribution in [1.82, 2.24) is 4.98 Å². The lowest BCUT2D eigenvalue weighted by atomic mass is 10.1. The predicted octanol–water partition coefficient (Wildman–Crippen LogP) is 1.77. The van der Waals surface area contributed by atoms with Gasteiger partial charge in [0.2, 0.25) is 6.79 Å². The van der Waals surface area contributed by atoms with Gasteiger partial charge in [0, 0.05) is 11.8 Å². The molecule has 2 aromatic rings. The Bertz CT molecular complexity index is 589. The third-order valence-corrected chi connectivity index (χ3v) is 2.50. The molecule has 16 heavy (non-hydrogen) atoms. The van der Waals surface area contributed by atoms with Crippen LogP contribution in [-0.4, -0.2) is 11.8 Å². The number of aromatic amines is 1. The molecule has 0 amide bonds. The van der Waals surface area contributed by atoms with E-state index in [0.29, 0.717) is 11.3 Å². The highest BCUT2D eigenvalue weighted by Crippen LogP contribution is 2.34. The summed E-state index contributed by atoms with van der Waals surface area (Å²) in [6.45, 7) is 0.240. The van der Waals surface area contributed by atoms with E-state index in [-0.39, 0.29) is 12.4 Å². The molecule has 1 aliphatic rings. The Morgan fingerprint density at radius 1 is 1.12 bits per heavy atom. The minimum atomic E-state index is -0.110. The molecule has 4 heteroatoms. The second kappa shape index (κ2) is 3.41. The molecular weight excluding hydrogens is 206 g/mol. The molecule has 0 fully saturated rings. The van der Waals surface area contributed by atoms with Gasteiger partial charge in [0.05, 0.1) is 0 Å². The number of ether oxygens (including phenoxy) is 2. The minimum Gasteiger partial charge on any atom is -0.454 e. The molecule has 0 saturated heterocycles. The van der Waals surface area contributed by atoms with Gasteiger partial charge in [-0.3, -0.25) is 4.79 Å². The van der Waals surface area contributed by atoms with Crippen LogP contribution in [0.1, 0.15) is 0 Å². The summed E-state index contributed by atoms with van der Waals surface area (Å²) < 4.78 is 10.5. The predicted molar refractivity (Wildman–Crippen MR) is 58.6 cm³/mol. The quantitative estimate of drug-likeness (QED) is 0.788. The van der Waals surface area contributed by atoms with E-state index in [9.17, 15) is 4.79 Å². The summed E-state index contributed by atoms with van der Waals surface area (Å²) in [6, 6.07) is 9.03. The zero-order valence-corrected chi connectivity index (χ0v) is 8.40. The fourth-order valence-corrected chi connectivity index (χ4v) is 1.71. The van der Waals surface area contributed by atoms with E-state index >= 15 is 0 Å². The van der Waals surface area contributed by atoms with Crippen molar-refractivity contribution in [3.63, 3.8) is 0 Å². The van der Waals surface area contributed by atoms with E-state index in [4.69, 9.17) is 9.47 Å². The van der Waals surface area contributed by atoms with Crippen molar-refractivity contribution in [3.05, 3.63) is 46.9 Å². The van der Waals surface area contributed by atoms with Gasteiger partial charge in [-0.2, -0.15) is 0 Å². The van der Waals surface area contributed by atoms with Crippen molar-refractivity contribution < 1.29 is 9.47 Å². The lowest BCUT2D eigenvalue weighted by Crippen LogP contribution is -2.06. The van der Waals surface area contributed by atoms with Crippen LogP contribution in [0.2, 0.25) is 0 Å². The number of pyridine rings is 1. The number of hydrogen-bond acceptors (Lipinski definition) is 3. The second-order valence-electron chi connectivity index (χ2n) is 3.48. The largest absolute Gasteiger partial charge is 0.454 e. The van der Waals surface area contributed by atoms with Crippen LogP contribution in [0.25, 0.3) is 11.1 Å². The number of rotatable bonds is 1. The fourth-order valence-electron chi connectivity index (χ4n) is 1.71. The van der Waals surface area contributed by atoms with Crippen molar-refractivity contribution in [3.8, 4) is 22.6 Å². The van der Waals surface area contributed by atoms with Crippen LogP contribution in [-0.2, 0) is 0 Å². The van der Waals surface area contributed by atoms with Gasteiger partial charge < -0.3 is 14.5 Å². The van der Waals surface area contributed by atoms with Crippen molar-refractivity contribution >= 4 is 0 Å². The molecular formula is C12H9NO3. The third kappa shape index (κ3) is 1.35. The highest BCUT2D eigenvalue weighted by molar-refractivity contribution is 5.66. The van der Waals surface area contributed by atoms with E-state index in [0.717, 1.165) is 11.3 Å². The van der Waals surface area contributed by atoms with E-state index in [1.165, 1.54) is 0 Å². The Balaban J connectivity index is 2.15. The van der Waals surface area contributed by atoms with Gasteiger partial charge in [-0.15, -0.1) is 0 Å². The summed E-state index contributed by atoms with van der Waals surface area (Å²) >= 11 is 0. The smallest absolute Gasteiger partial charge is 0.255 e. The van der Waals surface area contributed by atoms with Gasteiger partial charge in [-0.25, -0.2) is 0 Å². The molecule has 1 N–H and O–H groups in total. The maximum Gasteiger partial charge on any atom is 0.255 e. The summed E-state index contributed by atoms with van der Waals surface area (Å²) in [5, 5.41) is 0. The van der Waals surface area contributed by atoms with Gasteiger partial charge >= 0.3 is 0 Å². The first-order chi connectivity index (χ1) is 7.84. The van der Waals surface area contributed by atoms with Crippen LogP contribution in [0, 0.1) is 0 Å². The zero-order valence-electron chi connectivity index (χ0n) is 8.40. The Kier molecular flexibility index (Phi) is 1.93. The average Bonchev–Trinajstić information content (AvgIpc) is 2.76. The van der Waals surface area contributed by atoms with Crippen LogP contribution in [0.4, 0.5) is 0 Å². The van der Waals surface area contributed by atoms with Crippen LogP contribution >= 0.6 is 0 Å². The van der Waals surface area contributed by atoms with E-state index in [1.54, 1.807) is 18.3 Å². The molecule has 1 aromatic heterocycles. The number of benzene rings is 1. The molecule has 1 aliphatic heterocycles. The minimum absolute atomic E-state index is 0.110. The van der Waals surface area contributed by atoms with Crippen LogP contribution in [0.3, 0.4) is 0 Å². The number of H-pyrrole nitrogens is 1.